The highest BCUT2D eigenvalue weighted by molar-refractivity contribution is 5.71. The molecule has 2 aliphatic heterocycles. The molecule has 4 heteroatoms. The molecule has 2 saturated heterocycles. The highest BCUT2D eigenvalue weighted by Gasteiger charge is 2.42. The number of likely N-dealkylation sites (tertiary alicyclic amines) is 1. The Bertz CT molecular complexity index is 428. The second-order valence-corrected chi connectivity index (χ2v) is 5.11. The maximum Gasteiger partial charge on any atom is 0.310 e. The second-order valence-electron chi connectivity index (χ2n) is 5.11. The topological polar surface area (TPSA) is 49.8 Å². The largest absolute Gasteiger partial charge is 0.481 e. The molecule has 0 saturated carbocycles. The number of nitrogens with zero attached hydrogens (tertiary/aromatic N) is 1. The van der Waals surface area contributed by atoms with Crippen molar-refractivity contribution in [2.24, 2.45) is 5.92 Å². The van der Waals surface area contributed by atoms with Crippen molar-refractivity contribution < 1.29 is 14.6 Å². The summed E-state index contributed by atoms with van der Waals surface area (Å²) in [5.74, 6) is -0.552. The van der Waals surface area contributed by atoms with E-state index in [4.69, 9.17) is 9.84 Å². The number of benzene rings is 1. The summed E-state index contributed by atoms with van der Waals surface area (Å²) < 4.78 is 5.31. The fourth-order valence-electron chi connectivity index (χ4n) is 2.86. The summed E-state index contributed by atoms with van der Waals surface area (Å²) in [4.78, 5) is 13.3. The predicted octanol–water partition coefficient (Wildman–Crippen LogP) is 1.19. The van der Waals surface area contributed by atoms with Crippen molar-refractivity contribution in [2.75, 3.05) is 26.3 Å². The van der Waals surface area contributed by atoms with Crippen LogP contribution >= 0.6 is 0 Å². The summed E-state index contributed by atoms with van der Waals surface area (Å²) >= 11 is 0. The molecule has 3 rings (SSSR count). The van der Waals surface area contributed by atoms with Crippen molar-refractivity contribution in [3.8, 4) is 0 Å². The first kappa shape index (κ1) is 11.7. The Balaban J connectivity index is 1.60. The normalized spacial score (nSPS) is 29.1. The first-order valence-electron chi connectivity index (χ1n) is 6.35. The Labute approximate surface area is 106 Å². The van der Waals surface area contributed by atoms with Gasteiger partial charge >= 0.3 is 5.97 Å². The molecule has 0 bridgehead atoms. The Hall–Kier alpha value is -1.39. The van der Waals surface area contributed by atoms with Crippen LogP contribution in [0.25, 0.3) is 0 Å². The van der Waals surface area contributed by atoms with Crippen LogP contribution in [0.4, 0.5) is 0 Å². The molecule has 4 nitrogen and oxygen atoms in total. The van der Waals surface area contributed by atoms with Gasteiger partial charge in [-0.25, -0.2) is 0 Å². The summed E-state index contributed by atoms with van der Waals surface area (Å²) in [5.41, 5.74) is 1.35. The number of hydrogen-bond donors (Lipinski definition) is 1. The lowest BCUT2D eigenvalue weighted by Gasteiger charge is -2.44. The average molecular weight is 247 g/mol. The van der Waals surface area contributed by atoms with Gasteiger partial charge in [0.1, 0.15) is 0 Å². The van der Waals surface area contributed by atoms with Crippen molar-refractivity contribution in [1.82, 2.24) is 4.90 Å². The maximum atomic E-state index is 11.1. The lowest BCUT2D eigenvalue weighted by molar-refractivity contribution is -0.143. The van der Waals surface area contributed by atoms with E-state index in [9.17, 15) is 4.79 Å². The Morgan fingerprint density at radius 2 is 1.94 bits per heavy atom. The molecule has 2 aliphatic rings. The van der Waals surface area contributed by atoms with Crippen molar-refractivity contribution >= 4 is 5.97 Å². The van der Waals surface area contributed by atoms with Gasteiger partial charge in [0, 0.05) is 25.0 Å². The second kappa shape index (κ2) is 4.71. The first-order valence-corrected chi connectivity index (χ1v) is 6.35. The summed E-state index contributed by atoms with van der Waals surface area (Å²) in [6, 6.07) is 10.5. The van der Waals surface area contributed by atoms with Crippen LogP contribution < -0.4 is 0 Å². The van der Waals surface area contributed by atoms with Crippen molar-refractivity contribution in [2.45, 2.75) is 12.0 Å². The summed E-state index contributed by atoms with van der Waals surface area (Å²) in [6.07, 6.45) is 0. The number of carboxylic acids is 1. The molecule has 2 atom stereocenters. The highest BCUT2D eigenvalue weighted by Crippen LogP contribution is 2.32. The van der Waals surface area contributed by atoms with E-state index in [0.717, 1.165) is 13.1 Å². The van der Waals surface area contributed by atoms with E-state index in [0.29, 0.717) is 19.1 Å². The lowest BCUT2D eigenvalue weighted by Crippen LogP contribution is -2.54. The van der Waals surface area contributed by atoms with E-state index in [2.05, 4.69) is 29.2 Å². The van der Waals surface area contributed by atoms with Crippen LogP contribution in [0.15, 0.2) is 30.3 Å². The van der Waals surface area contributed by atoms with Gasteiger partial charge in [0.25, 0.3) is 0 Å². The molecule has 1 aromatic rings. The lowest BCUT2D eigenvalue weighted by atomic mass is 9.88. The average Bonchev–Trinajstić information content (AvgIpc) is 2.77. The molecule has 0 radical (unpaired) electrons. The van der Waals surface area contributed by atoms with Gasteiger partial charge in [0.05, 0.1) is 19.1 Å². The van der Waals surface area contributed by atoms with E-state index in [1.54, 1.807) is 0 Å². The van der Waals surface area contributed by atoms with E-state index in [-0.39, 0.29) is 12.0 Å². The van der Waals surface area contributed by atoms with Gasteiger partial charge in [-0.05, 0) is 5.56 Å². The van der Waals surface area contributed by atoms with E-state index in [1.807, 2.05) is 6.07 Å². The van der Waals surface area contributed by atoms with Crippen molar-refractivity contribution in [3.05, 3.63) is 35.9 Å². The molecular formula is C14H17NO3. The molecule has 0 amide bonds. The smallest absolute Gasteiger partial charge is 0.310 e. The molecule has 0 spiro atoms. The quantitative estimate of drug-likeness (QED) is 0.871. The van der Waals surface area contributed by atoms with Crippen LogP contribution in [0, 0.1) is 5.92 Å². The van der Waals surface area contributed by atoms with Crippen LogP contribution in [0.3, 0.4) is 0 Å². The summed E-state index contributed by atoms with van der Waals surface area (Å²) in [5, 5.41) is 9.13. The molecule has 2 unspecified atom stereocenters. The maximum absolute atomic E-state index is 11.1. The molecule has 1 aromatic carbocycles. The van der Waals surface area contributed by atoms with Crippen LogP contribution in [0.2, 0.25) is 0 Å². The Kier molecular flexibility index (Phi) is 3.06. The monoisotopic (exact) mass is 247 g/mol. The first-order chi connectivity index (χ1) is 8.75. The number of rotatable bonds is 3. The fraction of sp³-hybridized carbons (Fsp3) is 0.500. The van der Waals surface area contributed by atoms with Crippen LogP contribution in [0.1, 0.15) is 11.5 Å². The summed E-state index contributed by atoms with van der Waals surface area (Å²) in [6.45, 7) is 2.80. The third-order valence-corrected chi connectivity index (χ3v) is 4.02. The van der Waals surface area contributed by atoms with E-state index >= 15 is 0 Å². The molecule has 0 aliphatic carbocycles. The van der Waals surface area contributed by atoms with Gasteiger partial charge in [-0.1, -0.05) is 30.3 Å². The van der Waals surface area contributed by atoms with Crippen molar-refractivity contribution in [1.29, 1.82) is 0 Å². The highest BCUT2D eigenvalue weighted by atomic mass is 16.5. The van der Waals surface area contributed by atoms with Crippen LogP contribution in [0.5, 0.6) is 0 Å². The van der Waals surface area contributed by atoms with E-state index in [1.165, 1.54) is 5.56 Å². The van der Waals surface area contributed by atoms with Gasteiger partial charge in [0.15, 0.2) is 0 Å². The number of ether oxygens (including phenoxy) is 1. The minimum Gasteiger partial charge on any atom is -0.481 e. The Morgan fingerprint density at radius 1 is 1.22 bits per heavy atom. The predicted molar refractivity (Wildman–Crippen MR) is 66.5 cm³/mol. The van der Waals surface area contributed by atoms with Gasteiger partial charge in [-0.2, -0.15) is 0 Å². The number of hydrogen-bond acceptors (Lipinski definition) is 3. The zero-order valence-electron chi connectivity index (χ0n) is 10.2. The van der Waals surface area contributed by atoms with Gasteiger partial charge in [0.2, 0.25) is 0 Å². The standard InChI is InChI=1S/C14H17NO3/c16-14(17)12-8-18-9-13(12)15-6-11(7-15)10-4-2-1-3-5-10/h1-5,11-13H,6-9H2,(H,16,17). The van der Waals surface area contributed by atoms with Crippen molar-refractivity contribution in [3.63, 3.8) is 0 Å². The minimum atomic E-state index is -0.735. The van der Waals surface area contributed by atoms with Crippen LogP contribution in [-0.2, 0) is 9.53 Å². The number of carboxylic acid groups (broad SMARTS) is 1. The molecule has 96 valence electrons. The third kappa shape index (κ3) is 2.02. The zero-order valence-corrected chi connectivity index (χ0v) is 10.2. The molecule has 0 aromatic heterocycles. The minimum absolute atomic E-state index is 0.0578. The number of carbonyl (C=O) groups is 1. The summed E-state index contributed by atoms with van der Waals surface area (Å²) in [7, 11) is 0. The zero-order chi connectivity index (χ0) is 12.5. The SMILES string of the molecule is O=C(O)C1COCC1N1CC(c2ccccc2)C1. The molecular weight excluding hydrogens is 230 g/mol. The van der Waals surface area contributed by atoms with E-state index < -0.39 is 5.97 Å². The fourth-order valence-corrected chi connectivity index (χ4v) is 2.86. The van der Waals surface area contributed by atoms with Gasteiger partial charge in [-0.3, -0.25) is 9.69 Å². The molecule has 2 fully saturated rings. The van der Waals surface area contributed by atoms with Gasteiger partial charge in [-0.15, -0.1) is 0 Å². The molecule has 2 heterocycles. The van der Waals surface area contributed by atoms with Gasteiger partial charge < -0.3 is 9.84 Å². The molecule has 18 heavy (non-hydrogen) atoms. The Morgan fingerprint density at radius 3 is 2.61 bits per heavy atom. The number of aliphatic carboxylic acids is 1. The molecule has 1 N–H and O–H groups in total. The third-order valence-electron chi connectivity index (χ3n) is 4.02. The van der Waals surface area contributed by atoms with Crippen LogP contribution in [-0.4, -0.2) is 48.3 Å².